The molecule has 0 saturated heterocycles. The first kappa shape index (κ1) is 11.2. The molecular weight excluding hydrogens is 178 g/mol. The Hall–Kier alpha value is -0.830. The van der Waals surface area contributed by atoms with Crippen LogP contribution in [0, 0.1) is 5.92 Å². The summed E-state index contributed by atoms with van der Waals surface area (Å²) in [6.45, 7) is 2.84. The second-order valence-electron chi connectivity index (χ2n) is 3.98. The van der Waals surface area contributed by atoms with E-state index in [2.05, 4.69) is 12.2 Å². The van der Waals surface area contributed by atoms with Crippen LogP contribution in [0.5, 0.6) is 0 Å². The predicted octanol–water partition coefficient (Wildman–Crippen LogP) is 1.80. The summed E-state index contributed by atoms with van der Waals surface area (Å²) in [4.78, 5) is 10.2. The van der Waals surface area contributed by atoms with Gasteiger partial charge >= 0.3 is 5.97 Å². The molecule has 1 fully saturated rings. The molecule has 80 valence electrons. The van der Waals surface area contributed by atoms with Gasteiger partial charge in [-0.25, -0.2) is 4.79 Å². The van der Waals surface area contributed by atoms with Gasteiger partial charge in [0.2, 0.25) is 0 Å². The van der Waals surface area contributed by atoms with Crippen LogP contribution in [0.2, 0.25) is 0 Å². The fourth-order valence-corrected chi connectivity index (χ4v) is 2.04. The van der Waals surface area contributed by atoms with Gasteiger partial charge in [0.05, 0.1) is 0 Å². The highest BCUT2D eigenvalue weighted by Gasteiger charge is 2.20. The number of aliphatic carboxylic acids is 1. The topological polar surface area (TPSA) is 49.3 Å². The van der Waals surface area contributed by atoms with Crippen LogP contribution in [0.3, 0.4) is 0 Å². The minimum Gasteiger partial charge on any atom is -0.478 e. The molecule has 14 heavy (non-hydrogen) atoms. The zero-order valence-electron chi connectivity index (χ0n) is 8.70. The molecule has 1 atom stereocenters. The van der Waals surface area contributed by atoms with E-state index in [-0.39, 0.29) is 0 Å². The van der Waals surface area contributed by atoms with Crippen molar-refractivity contribution < 1.29 is 9.90 Å². The van der Waals surface area contributed by atoms with Gasteiger partial charge in [0, 0.05) is 18.7 Å². The lowest BCUT2D eigenvalue weighted by Gasteiger charge is -2.19. The highest BCUT2D eigenvalue weighted by Crippen LogP contribution is 2.27. The first-order chi connectivity index (χ1) is 6.70. The van der Waals surface area contributed by atoms with Gasteiger partial charge in [-0.3, -0.25) is 0 Å². The molecule has 1 rings (SSSR count). The van der Waals surface area contributed by atoms with Crippen molar-refractivity contribution in [3.8, 4) is 0 Å². The minimum atomic E-state index is -0.875. The molecule has 0 amide bonds. The zero-order valence-corrected chi connectivity index (χ0v) is 8.70. The monoisotopic (exact) mass is 197 g/mol. The van der Waals surface area contributed by atoms with E-state index >= 15 is 0 Å². The van der Waals surface area contributed by atoms with E-state index in [1.807, 2.05) is 0 Å². The standard InChI is InChI=1S/C11H19NO2/c1-9(10-5-2-3-6-10)12-8-4-7-11(13)14/h4,7,9-10,12H,2-3,5-6,8H2,1H3,(H,13,14)/b7-4+. The summed E-state index contributed by atoms with van der Waals surface area (Å²) < 4.78 is 0. The Morgan fingerprint density at radius 2 is 2.21 bits per heavy atom. The zero-order chi connectivity index (χ0) is 10.4. The second-order valence-corrected chi connectivity index (χ2v) is 3.98. The lowest BCUT2D eigenvalue weighted by atomic mass is 10.00. The van der Waals surface area contributed by atoms with Crippen LogP contribution in [0.4, 0.5) is 0 Å². The van der Waals surface area contributed by atoms with Crippen LogP contribution in [0.15, 0.2) is 12.2 Å². The molecule has 2 N–H and O–H groups in total. The van der Waals surface area contributed by atoms with E-state index in [9.17, 15) is 4.79 Å². The van der Waals surface area contributed by atoms with Gasteiger partial charge in [0.1, 0.15) is 0 Å². The molecule has 1 aliphatic rings. The lowest BCUT2D eigenvalue weighted by Crippen LogP contribution is -2.32. The van der Waals surface area contributed by atoms with E-state index in [0.29, 0.717) is 12.6 Å². The molecule has 3 nitrogen and oxygen atoms in total. The third-order valence-electron chi connectivity index (χ3n) is 2.93. The molecule has 1 aliphatic carbocycles. The van der Waals surface area contributed by atoms with Gasteiger partial charge in [-0.1, -0.05) is 18.9 Å². The van der Waals surface area contributed by atoms with E-state index in [1.165, 1.54) is 31.8 Å². The second kappa shape index (κ2) is 5.81. The Labute approximate surface area is 85.2 Å². The molecule has 0 heterocycles. The van der Waals surface area contributed by atoms with Gasteiger partial charge in [-0.15, -0.1) is 0 Å². The fraction of sp³-hybridized carbons (Fsp3) is 0.727. The summed E-state index contributed by atoms with van der Waals surface area (Å²) in [5.41, 5.74) is 0. The molecule has 0 aromatic rings. The van der Waals surface area contributed by atoms with Crippen molar-refractivity contribution in [3.05, 3.63) is 12.2 Å². The summed E-state index contributed by atoms with van der Waals surface area (Å²) in [7, 11) is 0. The first-order valence-corrected chi connectivity index (χ1v) is 5.33. The average Bonchev–Trinajstić information content (AvgIpc) is 2.64. The van der Waals surface area contributed by atoms with E-state index in [1.54, 1.807) is 6.08 Å². The van der Waals surface area contributed by atoms with Crippen molar-refractivity contribution in [2.75, 3.05) is 6.54 Å². The van der Waals surface area contributed by atoms with Gasteiger partial charge in [0.15, 0.2) is 0 Å². The van der Waals surface area contributed by atoms with Crippen molar-refractivity contribution >= 4 is 5.97 Å². The van der Waals surface area contributed by atoms with E-state index in [0.717, 1.165) is 5.92 Å². The third-order valence-corrected chi connectivity index (χ3v) is 2.93. The molecule has 0 aromatic heterocycles. The molecule has 0 aliphatic heterocycles. The molecular formula is C11H19NO2. The van der Waals surface area contributed by atoms with Crippen molar-refractivity contribution in [2.45, 2.75) is 38.6 Å². The molecule has 0 bridgehead atoms. The maximum atomic E-state index is 10.2. The quantitative estimate of drug-likeness (QED) is 0.661. The summed E-state index contributed by atoms with van der Waals surface area (Å²) in [6, 6.07) is 0.510. The molecule has 0 radical (unpaired) electrons. The molecule has 1 unspecified atom stereocenters. The number of carboxylic acid groups (broad SMARTS) is 1. The molecule has 0 aromatic carbocycles. The number of nitrogens with one attached hydrogen (secondary N) is 1. The Kier molecular flexibility index (Phi) is 4.66. The summed E-state index contributed by atoms with van der Waals surface area (Å²) in [5, 5.41) is 11.7. The van der Waals surface area contributed by atoms with Crippen LogP contribution >= 0.6 is 0 Å². The molecule has 3 heteroatoms. The first-order valence-electron chi connectivity index (χ1n) is 5.33. The van der Waals surface area contributed by atoms with E-state index in [4.69, 9.17) is 5.11 Å². The lowest BCUT2D eigenvalue weighted by molar-refractivity contribution is -0.131. The SMILES string of the molecule is CC(NC/C=C/C(=O)O)C1CCCC1. The van der Waals surface area contributed by atoms with Crippen molar-refractivity contribution in [3.63, 3.8) is 0 Å². The molecule has 0 spiro atoms. The van der Waals surface area contributed by atoms with Crippen molar-refractivity contribution in [2.24, 2.45) is 5.92 Å². The third kappa shape index (κ3) is 3.92. The predicted molar refractivity (Wildman–Crippen MR) is 56.2 cm³/mol. The van der Waals surface area contributed by atoms with Gasteiger partial charge in [-0.2, -0.15) is 0 Å². The van der Waals surface area contributed by atoms with Crippen LogP contribution in [-0.2, 0) is 4.79 Å². The van der Waals surface area contributed by atoms with Crippen LogP contribution in [-0.4, -0.2) is 23.7 Å². The highest BCUT2D eigenvalue weighted by molar-refractivity contribution is 5.79. The van der Waals surface area contributed by atoms with Crippen molar-refractivity contribution in [1.29, 1.82) is 0 Å². The van der Waals surface area contributed by atoms with Crippen molar-refractivity contribution in [1.82, 2.24) is 5.32 Å². The fourth-order valence-electron chi connectivity index (χ4n) is 2.04. The highest BCUT2D eigenvalue weighted by atomic mass is 16.4. The van der Waals surface area contributed by atoms with Gasteiger partial charge in [0.25, 0.3) is 0 Å². The Balaban J connectivity index is 2.14. The maximum Gasteiger partial charge on any atom is 0.328 e. The van der Waals surface area contributed by atoms with Gasteiger partial charge in [-0.05, 0) is 25.7 Å². The summed E-state index contributed by atoms with van der Waals surface area (Å²) in [5.74, 6) is -0.0893. The number of hydrogen-bond donors (Lipinski definition) is 2. The number of carboxylic acids is 1. The average molecular weight is 197 g/mol. The maximum absolute atomic E-state index is 10.2. The normalized spacial score (nSPS) is 20.4. The van der Waals surface area contributed by atoms with Crippen LogP contribution in [0.25, 0.3) is 0 Å². The van der Waals surface area contributed by atoms with Crippen LogP contribution in [0.1, 0.15) is 32.6 Å². The number of hydrogen-bond acceptors (Lipinski definition) is 2. The summed E-state index contributed by atoms with van der Waals surface area (Å²) in [6.07, 6.45) is 8.18. The smallest absolute Gasteiger partial charge is 0.328 e. The summed E-state index contributed by atoms with van der Waals surface area (Å²) >= 11 is 0. The number of rotatable bonds is 5. The Bertz CT molecular complexity index is 207. The molecule has 1 saturated carbocycles. The minimum absolute atomic E-state index is 0.510. The van der Waals surface area contributed by atoms with Crippen LogP contribution < -0.4 is 5.32 Å². The Morgan fingerprint density at radius 3 is 2.79 bits per heavy atom. The Morgan fingerprint density at radius 1 is 1.57 bits per heavy atom. The van der Waals surface area contributed by atoms with E-state index < -0.39 is 5.97 Å². The number of carbonyl (C=O) groups is 1. The largest absolute Gasteiger partial charge is 0.478 e. The van der Waals surface area contributed by atoms with Gasteiger partial charge < -0.3 is 10.4 Å².